The summed E-state index contributed by atoms with van der Waals surface area (Å²) >= 11 is 0. The van der Waals surface area contributed by atoms with Gasteiger partial charge in [0.15, 0.2) is 5.82 Å². The first-order chi connectivity index (χ1) is 13.9. The van der Waals surface area contributed by atoms with Gasteiger partial charge >= 0.3 is 0 Å². The predicted octanol–water partition coefficient (Wildman–Crippen LogP) is 3.80. The lowest BCUT2D eigenvalue weighted by molar-refractivity contribution is -0.125. The van der Waals surface area contributed by atoms with E-state index in [1.807, 2.05) is 33.0 Å². The molecule has 3 heterocycles. The molecule has 1 N–H and O–H groups in total. The topological polar surface area (TPSA) is 74.2 Å². The Hall–Kier alpha value is -2.70. The number of fused-ring (bicyclic) bond motifs is 1. The van der Waals surface area contributed by atoms with Crippen molar-refractivity contribution in [1.29, 1.82) is 0 Å². The second-order valence-corrected chi connectivity index (χ2v) is 8.86. The first kappa shape index (κ1) is 19.6. The highest BCUT2D eigenvalue weighted by Crippen LogP contribution is 2.40. The number of hydrogen-bond donors (Lipinski definition) is 1. The van der Waals surface area contributed by atoms with Crippen LogP contribution in [0.4, 0.5) is 17.5 Å². The van der Waals surface area contributed by atoms with Gasteiger partial charge in [-0.15, -0.1) is 0 Å². The Morgan fingerprint density at radius 3 is 2.59 bits per heavy atom. The Kier molecular flexibility index (Phi) is 5.15. The maximum atomic E-state index is 13.1. The second kappa shape index (κ2) is 7.61. The molecule has 1 amide bonds. The smallest absolute Gasteiger partial charge is 0.234 e. The maximum absolute atomic E-state index is 13.1. The van der Waals surface area contributed by atoms with Crippen molar-refractivity contribution >= 4 is 23.4 Å². The molecule has 1 aliphatic carbocycles. The number of rotatable bonds is 4. The van der Waals surface area contributed by atoms with Gasteiger partial charge in [-0.05, 0) is 51.3 Å². The number of anilines is 3. The van der Waals surface area contributed by atoms with Crippen molar-refractivity contribution < 1.29 is 4.79 Å². The third-order valence-electron chi connectivity index (χ3n) is 6.15. The number of amides is 1. The molecule has 1 atom stereocenters. The van der Waals surface area contributed by atoms with Crippen LogP contribution in [-0.4, -0.2) is 40.5 Å². The molecule has 2 aromatic rings. The highest BCUT2D eigenvalue weighted by atomic mass is 16.2. The molecule has 7 heteroatoms. The lowest BCUT2D eigenvalue weighted by atomic mass is 9.91. The van der Waals surface area contributed by atoms with E-state index in [2.05, 4.69) is 27.1 Å². The quantitative estimate of drug-likeness (QED) is 0.850. The van der Waals surface area contributed by atoms with Gasteiger partial charge < -0.3 is 15.1 Å². The van der Waals surface area contributed by atoms with Crippen LogP contribution in [0.15, 0.2) is 30.7 Å². The lowest BCUT2D eigenvalue weighted by Crippen LogP contribution is -2.45. The van der Waals surface area contributed by atoms with Crippen molar-refractivity contribution in [2.45, 2.75) is 58.5 Å². The van der Waals surface area contributed by atoms with Gasteiger partial charge in [0.05, 0.1) is 17.7 Å². The second-order valence-electron chi connectivity index (χ2n) is 8.86. The fourth-order valence-electron chi connectivity index (χ4n) is 4.46. The van der Waals surface area contributed by atoms with Gasteiger partial charge in [0.25, 0.3) is 0 Å². The Balaban J connectivity index is 1.70. The van der Waals surface area contributed by atoms with E-state index in [0.29, 0.717) is 18.5 Å². The minimum Gasteiger partial charge on any atom is -0.351 e. The molecule has 0 bridgehead atoms. The van der Waals surface area contributed by atoms with Crippen LogP contribution in [0.3, 0.4) is 0 Å². The minimum atomic E-state index is -0.476. The molecular formula is C22H30N6O. The molecular weight excluding hydrogens is 364 g/mol. The first-order valence-electron chi connectivity index (χ1n) is 10.4. The zero-order chi connectivity index (χ0) is 20.6. The SMILES string of the molecule is CC(Nc1ncc2c(n1)N(C1CCCC1)CC(C)(C)C(=O)N2C)c1ccncc1. The number of pyridine rings is 1. The fraction of sp³-hybridized carbons (Fsp3) is 0.545. The van der Waals surface area contributed by atoms with E-state index < -0.39 is 5.41 Å². The molecule has 0 spiro atoms. The molecule has 1 aliphatic heterocycles. The largest absolute Gasteiger partial charge is 0.351 e. The average Bonchev–Trinajstić information content (AvgIpc) is 3.24. The van der Waals surface area contributed by atoms with E-state index in [1.54, 1.807) is 23.5 Å². The molecule has 4 rings (SSSR count). The van der Waals surface area contributed by atoms with Crippen molar-refractivity contribution in [3.8, 4) is 0 Å². The molecule has 1 saturated carbocycles. The minimum absolute atomic E-state index is 0.0533. The molecule has 2 aliphatic rings. The average molecular weight is 395 g/mol. The summed E-state index contributed by atoms with van der Waals surface area (Å²) in [5, 5.41) is 3.41. The van der Waals surface area contributed by atoms with E-state index in [-0.39, 0.29) is 11.9 Å². The lowest BCUT2D eigenvalue weighted by Gasteiger charge is -2.34. The zero-order valence-corrected chi connectivity index (χ0v) is 17.7. The molecule has 29 heavy (non-hydrogen) atoms. The molecule has 0 radical (unpaired) electrons. The summed E-state index contributed by atoms with van der Waals surface area (Å²) in [6, 6.07) is 4.45. The molecule has 0 aromatic carbocycles. The van der Waals surface area contributed by atoms with Gasteiger partial charge in [0.1, 0.15) is 5.69 Å². The van der Waals surface area contributed by atoms with E-state index >= 15 is 0 Å². The van der Waals surface area contributed by atoms with Crippen LogP contribution in [0.5, 0.6) is 0 Å². The van der Waals surface area contributed by atoms with Crippen molar-refractivity contribution in [1.82, 2.24) is 15.0 Å². The summed E-state index contributed by atoms with van der Waals surface area (Å²) in [6.07, 6.45) is 10.1. The molecule has 2 aromatic heterocycles. The van der Waals surface area contributed by atoms with Crippen LogP contribution in [0.1, 0.15) is 58.1 Å². The standard InChI is InChI=1S/C22H30N6O/c1-15(16-9-11-23-12-10-16)25-21-24-13-18-19(26-21)28(17-7-5-6-8-17)14-22(2,3)20(29)27(18)4/h9-13,15,17H,5-8,14H2,1-4H3,(H,24,25,26). The highest BCUT2D eigenvalue weighted by Gasteiger charge is 2.41. The number of nitrogens with one attached hydrogen (secondary N) is 1. The summed E-state index contributed by atoms with van der Waals surface area (Å²) in [5.41, 5.74) is 1.44. The third-order valence-corrected chi connectivity index (χ3v) is 6.15. The first-order valence-corrected chi connectivity index (χ1v) is 10.4. The summed E-state index contributed by atoms with van der Waals surface area (Å²) in [4.78, 5) is 30.7. The Morgan fingerprint density at radius 2 is 1.90 bits per heavy atom. The van der Waals surface area contributed by atoms with Gasteiger partial charge in [-0.25, -0.2) is 4.98 Å². The van der Waals surface area contributed by atoms with Crippen LogP contribution < -0.4 is 15.1 Å². The molecule has 1 fully saturated rings. The maximum Gasteiger partial charge on any atom is 0.234 e. The van der Waals surface area contributed by atoms with E-state index in [4.69, 9.17) is 4.98 Å². The Labute approximate surface area is 172 Å². The van der Waals surface area contributed by atoms with Gasteiger partial charge in [-0.1, -0.05) is 12.8 Å². The van der Waals surface area contributed by atoms with Crippen LogP contribution in [-0.2, 0) is 4.79 Å². The molecule has 7 nitrogen and oxygen atoms in total. The van der Waals surface area contributed by atoms with Crippen LogP contribution in [0.25, 0.3) is 0 Å². The highest BCUT2D eigenvalue weighted by molar-refractivity contribution is 6.00. The van der Waals surface area contributed by atoms with E-state index in [0.717, 1.165) is 29.9 Å². The van der Waals surface area contributed by atoms with Gasteiger partial charge in [0, 0.05) is 32.0 Å². The summed E-state index contributed by atoms with van der Waals surface area (Å²) in [5.74, 6) is 1.54. The Morgan fingerprint density at radius 1 is 1.21 bits per heavy atom. The van der Waals surface area contributed by atoms with Crippen molar-refractivity contribution in [2.24, 2.45) is 5.41 Å². The van der Waals surface area contributed by atoms with Crippen molar-refractivity contribution in [3.63, 3.8) is 0 Å². The number of carbonyl (C=O) groups excluding carboxylic acids is 1. The van der Waals surface area contributed by atoms with Crippen LogP contribution in [0, 0.1) is 5.41 Å². The van der Waals surface area contributed by atoms with E-state index in [1.165, 1.54) is 12.8 Å². The van der Waals surface area contributed by atoms with Crippen molar-refractivity contribution in [2.75, 3.05) is 28.7 Å². The van der Waals surface area contributed by atoms with Gasteiger partial charge in [-0.2, -0.15) is 4.98 Å². The number of hydrogen-bond acceptors (Lipinski definition) is 6. The molecule has 154 valence electrons. The normalized spacial score (nSPS) is 20.3. The molecule has 1 unspecified atom stereocenters. The zero-order valence-electron chi connectivity index (χ0n) is 17.7. The fourth-order valence-corrected chi connectivity index (χ4v) is 4.46. The number of carbonyl (C=O) groups is 1. The monoisotopic (exact) mass is 394 g/mol. The van der Waals surface area contributed by atoms with E-state index in [9.17, 15) is 4.79 Å². The summed E-state index contributed by atoms with van der Waals surface area (Å²) in [7, 11) is 1.83. The van der Waals surface area contributed by atoms with Crippen LogP contribution in [0.2, 0.25) is 0 Å². The third kappa shape index (κ3) is 3.78. The van der Waals surface area contributed by atoms with Gasteiger partial charge in [0.2, 0.25) is 11.9 Å². The summed E-state index contributed by atoms with van der Waals surface area (Å²) in [6.45, 7) is 6.80. The number of aromatic nitrogens is 3. The predicted molar refractivity (Wildman–Crippen MR) is 115 cm³/mol. The molecule has 0 saturated heterocycles. The Bertz CT molecular complexity index is 878. The van der Waals surface area contributed by atoms with Crippen LogP contribution >= 0.6 is 0 Å². The summed E-state index contributed by atoms with van der Waals surface area (Å²) < 4.78 is 0. The number of nitrogens with zero attached hydrogens (tertiary/aromatic N) is 5. The van der Waals surface area contributed by atoms with Gasteiger partial charge in [-0.3, -0.25) is 9.78 Å². The van der Waals surface area contributed by atoms with Crippen molar-refractivity contribution in [3.05, 3.63) is 36.3 Å².